The second kappa shape index (κ2) is 7.36. The zero-order valence-corrected chi connectivity index (χ0v) is 16.1. The van der Waals surface area contributed by atoms with Gasteiger partial charge in [-0.05, 0) is 23.8 Å². The normalized spacial score (nSPS) is 11.2. The molecule has 0 bridgehead atoms. The lowest BCUT2D eigenvalue weighted by molar-refractivity contribution is 0.0941. The maximum atomic E-state index is 12.7. The van der Waals surface area contributed by atoms with E-state index in [4.69, 9.17) is 10.2 Å². The summed E-state index contributed by atoms with van der Waals surface area (Å²) in [5.74, 6) is 0.728. The maximum absolute atomic E-state index is 12.7. The van der Waals surface area contributed by atoms with Gasteiger partial charge in [-0.15, -0.1) is 0 Å². The molecule has 5 rings (SSSR count). The zero-order chi connectivity index (χ0) is 20.5. The lowest BCUT2D eigenvalue weighted by Gasteiger charge is -2.08. The van der Waals surface area contributed by atoms with Crippen molar-refractivity contribution in [2.75, 3.05) is 5.73 Å². The predicted octanol–water partition coefficient (Wildman–Crippen LogP) is 3.74. The molecular formula is C23H19N5O2. The molecule has 1 amide bonds. The van der Waals surface area contributed by atoms with Gasteiger partial charge in [0.25, 0.3) is 5.91 Å². The number of nitrogen functional groups attached to an aromatic ring is 1. The summed E-state index contributed by atoms with van der Waals surface area (Å²) in [6, 6.07) is 21.3. The van der Waals surface area contributed by atoms with E-state index in [-0.39, 0.29) is 17.5 Å². The van der Waals surface area contributed by atoms with Crippen LogP contribution >= 0.6 is 0 Å². The van der Waals surface area contributed by atoms with Crippen molar-refractivity contribution < 1.29 is 9.21 Å². The molecule has 30 heavy (non-hydrogen) atoms. The van der Waals surface area contributed by atoms with E-state index in [1.807, 2.05) is 71.3 Å². The molecule has 0 spiro atoms. The SMILES string of the molecule is Nc1nc(C(=O)NCc2ccccc2)nc2c1c1ccccc1n2Cc1ccco1. The average Bonchev–Trinajstić information content (AvgIpc) is 3.40. The van der Waals surface area contributed by atoms with E-state index in [1.165, 1.54) is 0 Å². The maximum Gasteiger partial charge on any atom is 0.289 e. The standard InChI is InChI=1S/C23H19N5O2/c24-20-19-17-10-4-5-11-18(17)28(14-16-9-6-12-30-16)22(19)27-21(26-20)23(29)25-13-15-7-2-1-3-8-15/h1-12H,13-14H2,(H,25,29)(H2,24,26,27). The molecule has 0 aliphatic heterocycles. The van der Waals surface area contributed by atoms with Crippen LogP contribution in [0.4, 0.5) is 5.82 Å². The third-order valence-electron chi connectivity index (χ3n) is 5.03. The number of carbonyl (C=O) groups excluding carboxylic acids is 1. The first kappa shape index (κ1) is 17.9. The quantitative estimate of drug-likeness (QED) is 0.471. The molecule has 0 saturated carbocycles. The molecule has 3 aromatic heterocycles. The monoisotopic (exact) mass is 397 g/mol. The van der Waals surface area contributed by atoms with Crippen molar-refractivity contribution in [3.63, 3.8) is 0 Å². The lowest BCUT2D eigenvalue weighted by Crippen LogP contribution is -2.25. The van der Waals surface area contributed by atoms with Crippen molar-refractivity contribution in [1.82, 2.24) is 19.9 Å². The summed E-state index contributed by atoms with van der Waals surface area (Å²) in [6.07, 6.45) is 1.63. The summed E-state index contributed by atoms with van der Waals surface area (Å²) >= 11 is 0. The minimum absolute atomic E-state index is 0.0411. The molecule has 7 nitrogen and oxygen atoms in total. The first-order valence-corrected chi connectivity index (χ1v) is 9.59. The smallest absolute Gasteiger partial charge is 0.289 e. The van der Waals surface area contributed by atoms with E-state index in [0.717, 1.165) is 27.6 Å². The molecule has 0 atom stereocenters. The van der Waals surface area contributed by atoms with Gasteiger partial charge in [-0.2, -0.15) is 0 Å². The van der Waals surface area contributed by atoms with Gasteiger partial charge in [0, 0.05) is 11.9 Å². The minimum Gasteiger partial charge on any atom is -0.467 e. The second-order valence-corrected chi connectivity index (χ2v) is 6.98. The van der Waals surface area contributed by atoms with Gasteiger partial charge in [0.2, 0.25) is 5.82 Å². The number of benzene rings is 2. The molecule has 5 aromatic rings. The molecule has 0 unspecified atom stereocenters. The molecule has 3 heterocycles. The Balaban J connectivity index is 1.58. The number of para-hydroxylation sites is 1. The molecule has 0 aliphatic carbocycles. The molecule has 3 N–H and O–H groups in total. The van der Waals surface area contributed by atoms with E-state index < -0.39 is 0 Å². The van der Waals surface area contributed by atoms with Gasteiger partial charge in [-0.25, -0.2) is 9.97 Å². The Hall–Kier alpha value is -4.13. The van der Waals surface area contributed by atoms with Crippen LogP contribution < -0.4 is 11.1 Å². The van der Waals surface area contributed by atoms with Crippen molar-refractivity contribution in [3.05, 3.63) is 90.1 Å². The largest absolute Gasteiger partial charge is 0.467 e. The Morgan fingerprint density at radius 1 is 1.00 bits per heavy atom. The number of carbonyl (C=O) groups is 1. The van der Waals surface area contributed by atoms with Crippen LogP contribution in [-0.2, 0) is 13.1 Å². The van der Waals surface area contributed by atoms with Gasteiger partial charge < -0.3 is 20.0 Å². The number of nitrogens with two attached hydrogens (primary N) is 1. The van der Waals surface area contributed by atoms with E-state index in [2.05, 4.69) is 15.3 Å². The Morgan fingerprint density at radius 3 is 2.60 bits per heavy atom. The Kier molecular flexibility index (Phi) is 4.40. The van der Waals surface area contributed by atoms with Gasteiger partial charge in [0.1, 0.15) is 17.2 Å². The number of aromatic nitrogens is 3. The Morgan fingerprint density at radius 2 is 1.80 bits per heavy atom. The van der Waals surface area contributed by atoms with Gasteiger partial charge >= 0.3 is 0 Å². The zero-order valence-electron chi connectivity index (χ0n) is 16.1. The van der Waals surface area contributed by atoms with Crippen molar-refractivity contribution in [2.45, 2.75) is 13.1 Å². The molecule has 7 heteroatoms. The van der Waals surface area contributed by atoms with E-state index in [0.29, 0.717) is 18.7 Å². The summed E-state index contributed by atoms with van der Waals surface area (Å²) in [5, 5.41) is 4.53. The number of anilines is 1. The Bertz CT molecular complexity index is 1340. The fraction of sp³-hybridized carbons (Fsp3) is 0.0870. The summed E-state index contributed by atoms with van der Waals surface area (Å²) in [7, 11) is 0. The van der Waals surface area contributed by atoms with Gasteiger partial charge in [-0.3, -0.25) is 4.79 Å². The number of furan rings is 1. The van der Waals surface area contributed by atoms with Crippen LogP contribution in [0.25, 0.3) is 21.9 Å². The summed E-state index contributed by atoms with van der Waals surface area (Å²) < 4.78 is 7.52. The van der Waals surface area contributed by atoms with Crippen LogP contribution in [0.5, 0.6) is 0 Å². The van der Waals surface area contributed by atoms with Crippen LogP contribution in [0.2, 0.25) is 0 Å². The average molecular weight is 397 g/mol. The van der Waals surface area contributed by atoms with Crippen LogP contribution in [0.15, 0.2) is 77.4 Å². The van der Waals surface area contributed by atoms with Gasteiger partial charge in [0.15, 0.2) is 0 Å². The van der Waals surface area contributed by atoms with Crippen molar-refractivity contribution >= 4 is 33.7 Å². The van der Waals surface area contributed by atoms with Crippen LogP contribution in [0, 0.1) is 0 Å². The highest BCUT2D eigenvalue weighted by molar-refractivity contribution is 6.12. The number of hydrogen-bond acceptors (Lipinski definition) is 5. The molecule has 0 fully saturated rings. The van der Waals surface area contributed by atoms with Crippen molar-refractivity contribution in [3.8, 4) is 0 Å². The van der Waals surface area contributed by atoms with E-state index in [1.54, 1.807) is 6.26 Å². The second-order valence-electron chi connectivity index (χ2n) is 6.98. The van der Waals surface area contributed by atoms with Crippen LogP contribution in [0.3, 0.4) is 0 Å². The molecule has 0 aliphatic rings. The Labute approximate surface area is 172 Å². The predicted molar refractivity (Wildman–Crippen MR) is 115 cm³/mol. The van der Waals surface area contributed by atoms with Crippen LogP contribution in [0.1, 0.15) is 21.9 Å². The fourth-order valence-corrected chi connectivity index (χ4v) is 3.63. The summed E-state index contributed by atoms with van der Waals surface area (Å²) in [4.78, 5) is 21.6. The number of fused-ring (bicyclic) bond motifs is 3. The highest BCUT2D eigenvalue weighted by Crippen LogP contribution is 2.31. The molecular weight excluding hydrogens is 378 g/mol. The number of amides is 1. The fourth-order valence-electron chi connectivity index (χ4n) is 3.63. The first-order valence-electron chi connectivity index (χ1n) is 9.59. The van der Waals surface area contributed by atoms with E-state index in [9.17, 15) is 4.79 Å². The minimum atomic E-state index is -0.373. The number of nitrogens with one attached hydrogen (secondary N) is 1. The summed E-state index contributed by atoms with van der Waals surface area (Å²) in [6.45, 7) is 0.856. The number of nitrogens with zero attached hydrogens (tertiary/aromatic N) is 3. The van der Waals surface area contributed by atoms with E-state index >= 15 is 0 Å². The number of rotatable bonds is 5. The summed E-state index contributed by atoms with van der Waals surface area (Å²) in [5.41, 5.74) is 8.83. The van der Waals surface area contributed by atoms with Crippen molar-refractivity contribution in [1.29, 1.82) is 0 Å². The first-order chi connectivity index (χ1) is 14.7. The highest BCUT2D eigenvalue weighted by atomic mass is 16.3. The highest BCUT2D eigenvalue weighted by Gasteiger charge is 2.20. The molecule has 0 saturated heterocycles. The van der Waals surface area contributed by atoms with Gasteiger partial charge in [-0.1, -0.05) is 48.5 Å². The van der Waals surface area contributed by atoms with Crippen LogP contribution in [-0.4, -0.2) is 20.4 Å². The molecule has 148 valence electrons. The lowest BCUT2D eigenvalue weighted by atomic mass is 10.2. The topological polar surface area (TPSA) is 99.0 Å². The van der Waals surface area contributed by atoms with Crippen molar-refractivity contribution in [2.24, 2.45) is 0 Å². The third kappa shape index (κ3) is 3.16. The third-order valence-corrected chi connectivity index (χ3v) is 5.03. The number of hydrogen-bond donors (Lipinski definition) is 2. The molecule has 2 aromatic carbocycles. The van der Waals surface area contributed by atoms with Gasteiger partial charge in [0.05, 0.1) is 23.7 Å². The molecule has 0 radical (unpaired) electrons.